The molecule has 0 unspecified atom stereocenters. The van der Waals surface area contributed by atoms with Crippen LogP contribution in [0.15, 0.2) is 48.5 Å². The van der Waals surface area contributed by atoms with Crippen LogP contribution in [0.1, 0.15) is 37.1 Å². The minimum absolute atomic E-state index is 0.117. The molecule has 0 aliphatic heterocycles. The third-order valence-corrected chi connectivity index (χ3v) is 3.70. The van der Waals surface area contributed by atoms with Gasteiger partial charge in [-0.15, -0.1) is 0 Å². The fourth-order valence-corrected chi connectivity index (χ4v) is 2.60. The van der Waals surface area contributed by atoms with Gasteiger partial charge in [0.25, 0.3) is 0 Å². The Labute approximate surface area is 126 Å². The Kier molecular flexibility index (Phi) is 5.23. The van der Waals surface area contributed by atoms with E-state index in [1.54, 1.807) is 14.2 Å². The monoisotopic (exact) mass is 285 g/mol. The number of methoxy groups -OCH3 is 2. The number of benzene rings is 2. The Morgan fingerprint density at radius 2 is 1.33 bits per heavy atom. The van der Waals surface area contributed by atoms with Gasteiger partial charge in [0.2, 0.25) is 0 Å². The third kappa shape index (κ3) is 3.56. The average Bonchev–Trinajstić information content (AvgIpc) is 2.54. The van der Waals surface area contributed by atoms with Crippen molar-refractivity contribution < 1.29 is 9.47 Å². The summed E-state index contributed by atoms with van der Waals surface area (Å²) in [6.07, 6.45) is 0. The van der Waals surface area contributed by atoms with E-state index in [0.29, 0.717) is 0 Å². The first-order valence-corrected chi connectivity index (χ1v) is 7.19. The second kappa shape index (κ2) is 7.14. The van der Waals surface area contributed by atoms with Gasteiger partial charge in [0.05, 0.1) is 19.8 Å². The normalized spacial score (nSPS) is 13.5. The van der Waals surface area contributed by atoms with E-state index in [0.717, 1.165) is 17.1 Å². The molecule has 0 fully saturated rings. The Morgan fingerprint density at radius 3 is 1.86 bits per heavy atom. The van der Waals surface area contributed by atoms with Crippen LogP contribution in [0.4, 0.5) is 0 Å². The van der Waals surface area contributed by atoms with E-state index in [4.69, 9.17) is 9.47 Å². The molecule has 0 saturated carbocycles. The second-order valence-electron chi connectivity index (χ2n) is 5.10. The maximum atomic E-state index is 5.48. The Balaban J connectivity index is 2.22. The van der Waals surface area contributed by atoms with E-state index in [-0.39, 0.29) is 12.1 Å². The second-order valence-corrected chi connectivity index (χ2v) is 5.10. The largest absolute Gasteiger partial charge is 0.496 e. The number of ether oxygens (including phenoxy) is 2. The van der Waals surface area contributed by atoms with E-state index in [1.165, 1.54) is 5.56 Å². The molecule has 0 heterocycles. The summed E-state index contributed by atoms with van der Waals surface area (Å²) in [5, 5.41) is 3.60. The van der Waals surface area contributed by atoms with Crippen LogP contribution in [-0.4, -0.2) is 14.2 Å². The highest BCUT2D eigenvalue weighted by Crippen LogP contribution is 2.34. The highest BCUT2D eigenvalue weighted by molar-refractivity contribution is 5.46. The molecule has 2 aromatic carbocycles. The van der Waals surface area contributed by atoms with Crippen LogP contribution in [-0.2, 0) is 0 Å². The molecule has 21 heavy (non-hydrogen) atoms. The lowest BCUT2D eigenvalue weighted by atomic mass is 10.0. The lowest BCUT2D eigenvalue weighted by Gasteiger charge is -2.24. The number of rotatable bonds is 6. The molecule has 2 aromatic rings. The first-order chi connectivity index (χ1) is 10.2. The molecule has 3 nitrogen and oxygen atoms in total. The van der Waals surface area contributed by atoms with Gasteiger partial charge >= 0.3 is 0 Å². The molecule has 0 amide bonds. The molecule has 0 bridgehead atoms. The number of nitrogens with one attached hydrogen (secondary N) is 1. The van der Waals surface area contributed by atoms with Crippen LogP contribution < -0.4 is 14.8 Å². The fourth-order valence-electron chi connectivity index (χ4n) is 2.60. The zero-order valence-corrected chi connectivity index (χ0v) is 13.1. The van der Waals surface area contributed by atoms with Crippen LogP contribution in [0.3, 0.4) is 0 Å². The number of hydrogen-bond acceptors (Lipinski definition) is 3. The maximum Gasteiger partial charge on any atom is 0.127 e. The van der Waals surface area contributed by atoms with Gasteiger partial charge in [-0.25, -0.2) is 0 Å². The van der Waals surface area contributed by atoms with E-state index >= 15 is 0 Å². The van der Waals surface area contributed by atoms with Crippen molar-refractivity contribution in [2.45, 2.75) is 25.9 Å². The molecule has 2 atom stereocenters. The highest BCUT2D eigenvalue weighted by Gasteiger charge is 2.18. The van der Waals surface area contributed by atoms with Crippen LogP contribution >= 0.6 is 0 Å². The summed E-state index contributed by atoms with van der Waals surface area (Å²) < 4.78 is 11.0. The van der Waals surface area contributed by atoms with Gasteiger partial charge in [-0.3, -0.25) is 0 Å². The van der Waals surface area contributed by atoms with Crippen molar-refractivity contribution in [3.8, 4) is 11.5 Å². The zero-order chi connectivity index (χ0) is 15.2. The minimum atomic E-state index is 0.117. The first-order valence-electron chi connectivity index (χ1n) is 7.19. The molecule has 0 aliphatic rings. The van der Waals surface area contributed by atoms with E-state index < -0.39 is 0 Å². The van der Waals surface area contributed by atoms with Crippen LogP contribution in [0.2, 0.25) is 0 Å². The Hall–Kier alpha value is -2.00. The van der Waals surface area contributed by atoms with Gasteiger partial charge in [-0.2, -0.15) is 0 Å². The minimum Gasteiger partial charge on any atom is -0.496 e. The van der Waals surface area contributed by atoms with Crippen LogP contribution in [0.25, 0.3) is 0 Å². The van der Waals surface area contributed by atoms with Crippen molar-refractivity contribution in [3.63, 3.8) is 0 Å². The smallest absolute Gasteiger partial charge is 0.127 e. The van der Waals surface area contributed by atoms with E-state index in [2.05, 4.69) is 43.4 Å². The lowest BCUT2D eigenvalue weighted by molar-refractivity contribution is 0.368. The van der Waals surface area contributed by atoms with Gasteiger partial charge in [-0.05, 0) is 31.5 Å². The molecule has 0 aliphatic carbocycles. The van der Waals surface area contributed by atoms with Gasteiger partial charge in [0, 0.05) is 12.1 Å². The predicted octanol–water partition coefficient (Wildman–Crippen LogP) is 4.12. The van der Waals surface area contributed by atoms with Gasteiger partial charge in [0.15, 0.2) is 0 Å². The summed E-state index contributed by atoms with van der Waals surface area (Å²) in [5.74, 6) is 1.68. The number of hydrogen-bond donors (Lipinski definition) is 1. The molecule has 3 heteroatoms. The van der Waals surface area contributed by atoms with Crippen molar-refractivity contribution >= 4 is 0 Å². The molecule has 0 radical (unpaired) electrons. The molecule has 0 aromatic heterocycles. The Bertz CT molecular complexity index is 546. The van der Waals surface area contributed by atoms with Gasteiger partial charge in [-0.1, -0.05) is 36.4 Å². The standard InChI is InChI=1S/C18H23NO2/c1-13(15-9-6-5-7-10-15)19-14(2)18-16(20-3)11-8-12-17(18)21-4/h5-14,19H,1-4H3/t13-,14-/m1/s1. The van der Waals surface area contributed by atoms with Crippen molar-refractivity contribution in [3.05, 3.63) is 59.7 Å². The lowest BCUT2D eigenvalue weighted by Crippen LogP contribution is -2.23. The molecule has 1 N–H and O–H groups in total. The SMILES string of the molecule is COc1cccc(OC)c1[C@@H](C)N[C@H](C)c1ccccc1. The average molecular weight is 285 g/mol. The summed E-state index contributed by atoms with van der Waals surface area (Å²) in [6.45, 7) is 4.29. The van der Waals surface area contributed by atoms with Gasteiger partial charge in [0.1, 0.15) is 11.5 Å². The maximum absolute atomic E-state index is 5.48. The van der Waals surface area contributed by atoms with Crippen LogP contribution in [0, 0.1) is 0 Å². The topological polar surface area (TPSA) is 30.5 Å². The van der Waals surface area contributed by atoms with Crippen LogP contribution in [0.5, 0.6) is 11.5 Å². The van der Waals surface area contributed by atoms with Crippen molar-refractivity contribution in [2.75, 3.05) is 14.2 Å². The zero-order valence-electron chi connectivity index (χ0n) is 13.1. The third-order valence-electron chi connectivity index (χ3n) is 3.70. The van der Waals surface area contributed by atoms with Gasteiger partial charge < -0.3 is 14.8 Å². The molecule has 112 valence electrons. The summed E-state index contributed by atoms with van der Waals surface area (Å²) in [7, 11) is 3.37. The van der Waals surface area contributed by atoms with E-state index in [1.807, 2.05) is 24.3 Å². The van der Waals surface area contributed by atoms with Crippen molar-refractivity contribution in [1.82, 2.24) is 5.32 Å². The molecular formula is C18H23NO2. The summed E-state index contributed by atoms with van der Waals surface area (Å²) >= 11 is 0. The summed E-state index contributed by atoms with van der Waals surface area (Å²) in [5.41, 5.74) is 2.31. The molecule has 0 saturated heterocycles. The predicted molar refractivity (Wildman–Crippen MR) is 86.0 cm³/mol. The van der Waals surface area contributed by atoms with E-state index in [9.17, 15) is 0 Å². The quantitative estimate of drug-likeness (QED) is 0.866. The molecule has 0 spiro atoms. The van der Waals surface area contributed by atoms with Crippen molar-refractivity contribution in [2.24, 2.45) is 0 Å². The first kappa shape index (κ1) is 15.4. The summed E-state index contributed by atoms with van der Waals surface area (Å²) in [6, 6.07) is 16.6. The molecular weight excluding hydrogens is 262 g/mol. The fraction of sp³-hybridized carbons (Fsp3) is 0.333. The van der Waals surface area contributed by atoms with Crippen molar-refractivity contribution in [1.29, 1.82) is 0 Å². The summed E-state index contributed by atoms with van der Waals surface area (Å²) in [4.78, 5) is 0. The molecule has 2 rings (SSSR count). The Morgan fingerprint density at radius 1 is 0.762 bits per heavy atom. The highest BCUT2D eigenvalue weighted by atomic mass is 16.5.